The zero-order chi connectivity index (χ0) is 15.0. The lowest BCUT2D eigenvalue weighted by Gasteiger charge is -2.17. The molecule has 3 unspecified atom stereocenters. The maximum atomic E-state index is 13.9. The molecule has 1 aromatic rings. The Morgan fingerprint density at radius 3 is 2.86 bits per heavy atom. The summed E-state index contributed by atoms with van der Waals surface area (Å²) in [7, 11) is 0. The van der Waals surface area contributed by atoms with Gasteiger partial charge in [-0.25, -0.2) is 4.39 Å². The molecule has 0 saturated heterocycles. The Morgan fingerprint density at radius 2 is 2.24 bits per heavy atom. The van der Waals surface area contributed by atoms with Gasteiger partial charge in [-0.05, 0) is 43.7 Å². The van der Waals surface area contributed by atoms with Crippen molar-refractivity contribution >= 4 is 17.5 Å². The van der Waals surface area contributed by atoms with Gasteiger partial charge >= 0.3 is 0 Å². The molecule has 2 saturated carbocycles. The van der Waals surface area contributed by atoms with Crippen molar-refractivity contribution < 1.29 is 14.3 Å². The second-order valence-corrected chi connectivity index (χ2v) is 6.46. The highest BCUT2D eigenvalue weighted by Crippen LogP contribution is 2.50. The summed E-state index contributed by atoms with van der Waals surface area (Å²) in [5, 5.41) is 12.5. The van der Waals surface area contributed by atoms with E-state index in [-0.39, 0.29) is 36.2 Å². The lowest BCUT2D eigenvalue weighted by Crippen LogP contribution is -2.38. The second kappa shape index (κ2) is 5.93. The molecule has 114 valence electrons. The van der Waals surface area contributed by atoms with Crippen molar-refractivity contribution in [2.24, 2.45) is 11.8 Å². The molecule has 0 bridgehead atoms. The fraction of sp³-hybridized carbons (Fsp3) is 0.562. The van der Waals surface area contributed by atoms with E-state index in [2.05, 4.69) is 5.32 Å². The summed E-state index contributed by atoms with van der Waals surface area (Å²) in [6.07, 6.45) is 3.45. The number of amides is 1. The quantitative estimate of drug-likeness (QED) is 0.848. The molecule has 21 heavy (non-hydrogen) atoms. The lowest BCUT2D eigenvalue weighted by molar-refractivity contribution is -0.123. The van der Waals surface area contributed by atoms with E-state index in [1.807, 2.05) is 0 Å². The molecule has 0 radical (unpaired) electrons. The topological polar surface area (TPSA) is 49.3 Å². The average Bonchev–Trinajstić information content (AvgIpc) is 3.32. The molecule has 2 aliphatic carbocycles. The molecule has 1 aromatic carbocycles. The van der Waals surface area contributed by atoms with Crippen LogP contribution in [0.15, 0.2) is 18.2 Å². The van der Waals surface area contributed by atoms with Crippen LogP contribution in [0.3, 0.4) is 0 Å². The summed E-state index contributed by atoms with van der Waals surface area (Å²) < 4.78 is 13.9. The fourth-order valence-electron chi connectivity index (χ4n) is 3.02. The van der Waals surface area contributed by atoms with E-state index in [1.54, 1.807) is 12.1 Å². The van der Waals surface area contributed by atoms with E-state index in [0.29, 0.717) is 29.3 Å². The third-order valence-electron chi connectivity index (χ3n) is 4.46. The maximum Gasteiger partial charge on any atom is 0.223 e. The third-order valence-corrected chi connectivity index (χ3v) is 4.79. The Labute approximate surface area is 128 Å². The van der Waals surface area contributed by atoms with Gasteiger partial charge in [-0.2, -0.15) is 0 Å². The molecule has 2 aliphatic rings. The van der Waals surface area contributed by atoms with Crippen LogP contribution < -0.4 is 5.32 Å². The fourth-order valence-corrected chi connectivity index (χ4v) is 3.33. The van der Waals surface area contributed by atoms with Gasteiger partial charge in [0, 0.05) is 35.1 Å². The molecule has 0 aliphatic heterocycles. The Kier molecular flexibility index (Phi) is 4.18. The van der Waals surface area contributed by atoms with Crippen LogP contribution in [0.1, 0.15) is 37.2 Å². The van der Waals surface area contributed by atoms with Gasteiger partial charge in [0.05, 0.1) is 0 Å². The van der Waals surface area contributed by atoms with Crippen molar-refractivity contribution in [2.75, 3.05) is 6.61 Å². The van der Waals surface area contributed by atoms with E-state index in [0.717, 1.165) is 12.8 Å². The minimum Gasteiger partial charge on any atom is -0.396 e. The van der Waals surface area contributed by atoms with Gasteiger partial charge in [0.15, 0.2) is 0 Å². The van der Waals surface area contributed by atoms with Crippen LogP contribution in [0.25, 0.3) is 0 Å². The molecule has 0 heterocycles. The summed E-state index contributed by atoms with van der Waals surface area (Å²) in [5.41, 5.74) is 0.462. The van der Waals surface area contributed by atoms with Crippen molar-refractivity contribution in [2.45, 2.75) is 37.6 Å². The van der Waals surface area contributed by atoms with Crippen LogP contribution in [-0.2, 0) is 4.79 Å². The molecule has 2 fully saturated rings. The van der Waals surface area contributed by atoms with Crippen LogP contribution >= 0.6 is 11.6 Å². The number of carbonyl (C=O) groups excluding carboxylic acids is 1. The van der Waals surface area contributed by atoms with Crippen molar-refractivity contribution in [3.05, 3.63) is 34.6 Å². The number of rotatable bonds is 6. The molecule has 0 aromatic heterocycles. The number of aliphatic hydroxyl groups is 1. The predicted molar refractivity (Wildman–Crippen MR) is 78.6 cm³/mol. The van der Waals surface area contributed by atoms with E-state index in [4.69, 9.17) is 16.7 Å². The first-order chi connectivity index (χ1) is 10.1. The molecule has 2 N–H and O–H groups in total. The van der Waals surface area contributed by atoms with Crippen molar-refractivity contribution in [1.29, 1.82) is 0 Å². The molecule has 3 nitrogen and oxygen atoms in total. The minimum absolute atomic E-state index is 0.0373. The SMILES string of the molecule is O=C(NC(CCO)C1CC1)C1CC1c1c(F)cccc1Cl. The Morgan fingerprint density at radius 1 is 1.48 bits per heavy atom. The largest absolute Gasteiger partial charge is 0.396 e. The number of carbonyl (C=O) groups is 1. The first-order valence-electron chi connectivity index (χ1n) is 7.47. The normalized spacial score (nSPS) is 25.5. The Balaban J connectivity index is 1.63. The first-order valence-corrected chi connectivity index (χ1v) is 7.84. The maximum absolute atomic E-state index is 13.9. The Bertz CT molecular complexity index is 527. The van der Waals surface area contributed by atoms with E-state index < -0.39 is 0 Å². The van der Waals surface area contributed by atoms with Gasteiger partial charge in [0.2, 0.25) is 5.91 Å². The van der Waals surface area contributed by atoms with Gasteiger partial charge in [0.25, 0.3) is 0 Å². The first kappa shape index (κ1) is 14.8. The number of benzene rings is 1. The van der Waals surface area contributed by atoms with Crippen LogP contribution in [0, 0.1) is 17.7 Å². The zero-order valence-electron chi connectivity index (χ0n) is 11.7. The van der Waals surface area contributed by atoms with Crippen molar-refractivity contribution in [1.82, 2.24) is 5.32 Å². The summed E-state index contributed by atoms with van der Waals surface area (Å²) in [6, 6.07) is 4.67. The van der Waals surface area contributed by atoms with Crippen LogP contribution in [0.4, 0.5) is 4.39 Å². The smallest absolute Gasteiger partial charge is 0.223 e. The third kappa shape index (κ3) is 3.22. The van der Waals surface area contributed by atoms with Gasteiger partial charge in [-0.15, -0.1) is 0 Å². The highest BCUT2D eigenvalue weighted by atomic mass is 35.5. The molecule has 3 atom stereocenters. The lowest BCUT2D eigenvalue weighted by atomic mass is 10.1. The van der Waals surface area contributed by atoms with E-state index >= 15 is 0 Å². The summed E-state index contributed by atoms with van der Waals surface area (Å²) >= 11 is 6.05. The van der Waals surface area contributed by atoms with Gasteiger partial charge in [0.1, 0.15) is 5.82 Å². The van der Waals surface area contributed by atoms with E-state index in [1.165, 1.54) is 6.07 Å². The molecule has 0 spiro atoms. The molecular formula is C16H19ClFNO2. The van der Waals surface area contributed by atoms with Gasteiger partial charge in [-0.1, -0.05) is 17.7 Å². The van der Waals surface area contributed by atoms with Crippen molar-refractivity contribution in [3.8, 4) is 0 Å². The van der Waals surface area contributed by atoms with E-state index in [9.17, 15) is 9.18 Å². The molecule has 1 amide bonds. The van der Waals surface area contributed by atoms with Crippen molar-refractivity contribution in [3.63, 3.8) is 0 Å². The zero-order valence-corrected chi connectivity index (χ0v) is 12.4. The summed E-state index contributed by atoms with van der Waals surface area (Å²) in [4.78, 5) is 12.3. The number of nitrogens with one attached hydrogen (secondary N) is 1. The molecule has 3 rings (SSSR count). The van der Waals surface area contributed by atoms with Gasteiger partial charge < -0.3 is 10.4 Å². The highest BCUT2D eigenvalue weighted by molar-refractivity contribution is 6.31. The van der Waals surface area contributed by atoms with Crippen LogP contribution in [0.5, 0.6) is 0 Å². The second-order valence-electron chi connectivity index (χ2n) is 6.05. The summed E-state index contributed by atoms with van der Waals surface area (Å²) in [5.74, 6) is -0.191. The van der Waals surface area contributed by atoms with Gasteiger partial charge in [-0.3, -0.25) is 4.79 Å². The predicted octanol–water partition coefficient (Wildman–Crippen LogP) is 2.86. The van der Waals surface area contributed by atoms with Crippen LogP contribution in [0.2, 0.25) is 5.02 Å². The molecular weight excluding hydrogens is 293 g/mol. The number of aliphatic hydroxyl groups excluding tert-OH is 1. The minimum atomic E-state index is -0.336. The highest BCUT2D eigenvalue weighted by Gasteiger charge is 2.47. The number of halogens is 2. The Hall–Kier alpha value is -1.13. The number of hydrogen-bond donors (Lipinski definition) is 2. The van der Waals surface area contributed by atoms with Crippen LogP contribution in [-0.4, -0.2) is 23.7 Å². The standard InChI is InChI=1S/C16H19ClFNO2/c17-12-2-1-3-13(18)15(12)10-8-11(10)16(21)19-14(6-7-20)9-4-5-9/h1-3,9-11,14,20H,4-8H2,(H,19,21). The molecule has 5 heteroatoms. The monoisotopic (exact) mass is 311 g/mol. The summed E-state index contributed by atoms with van der Waals surface area (Å²) in [6.45, 7) is 0.0781. The number of hydrogen-bond acceptors (Lipinski definition) is 2. The average molecular weight is 312 g/mol.